The Bertz CT molecular complexity index is 1430. The second-order valence-corrected chi connectivity index (χ2v) is 10.3. The maximum absolute atomic E-state index is 13.9. The number of aliphatic hydroxyl groups excluding tert-OH is 1. The predicted octanol–water partition coefficient (Wildman–Crippen LogP) is 5.18. The summed E-state index contributed by atoms with van der Waals surface area (Å²) < 4.78 is 5.33. The van der Waals surface area contributed by atoms with Crippen molar-refractivity contribution in [3.05, 3.63) is 84.1 Å². The zero-order valence-electron chi connectivity index (χ0n) is 21.5. The van der Waals surface area contributed by atoms with E-state index < -0.39 is 12.0 Å². The number of carbonyl (C=O) groups excluding carboxylic acids is 1. The van der Waals surface area contributed by atoms with Crippen molar-refractivity contribution in [2.75, 3.05) is 25.6 Å². The van der Waals surface area contributed by atoms with Gasteiger partial charge in [0.2, 0.25) is 5.91 Å². The number of aromatic nitrogens is 1. The lowest BCUT2D eigenvalue weighted by molar-refractivity contribution is -0.148. The van der Waals surface area contributed by atoms with Crippen molar-refractivity contribution in [2.24, 2.45) is 5.92 Å². The molecular formula is C31H33N3O3. The number of para-hydroxylation sites is 1. The van der Waals surface area contributed by atoms with Gasteiger partial charge in [-0.1, -0.05) is 48.5 Å². The largest absolute Gasteiger partial charge is 0.497 e. The van der Waals surface area contributed by atoms with Crippen LogP contribution in [0.5, 0.6) is 5.75 Å². The number of anilines is 1. The van der Waals surface area contributed by atoms with Crippen LogP contribution in [-0.4, -0.2) is 53.7 Å². The van der Waals surface area contributed by atoms with Gasteiger partial charge < -0.3 is 24.6 Å². The first kappa shape index (κ1) is 23.6. The molecule has 6 nitrogen and oxygen atoms in total. The van der Waals surface area contributed by atoms with Gasteiger partial charge in [-0.15, -0.1) is 0 Å². The van der Waals surface area contributed by atoms with Crippen LogP contribution in [-0.2, 0) is 11.2 Å². The molecule has 2 aliphatic heterocycles. The number of H-pyrrole nitrogens is 1. The average Bonchev–Trinajstić information content (AvgIpc) is 3.32. The van der Waals surface area contributed by atoms with Crippen LogP contribution in [0.2, 0.25) is 0 Å². The summed E-state index contributed by atoms with van der Waals surface area (Å²) in [5, 5.41) is 12.0. The first-order valence-electron chi connectivity index (χ1n) is 13.0. The van der Waals surface area contributed by atoms with E-state index in [0.29, 0.717) is 6.54 Å². The van der Waals surface area contributed by atoms with Crippen LogP contribution in [0.3, 0.4) is 0 Å². The quantitative estimate of drug-likeness (QED) is 0.401. The minimum atomic E-state index is -0.743. The Morgan fingerprint density at radius 3 is 2.51 bits per heavy atom. The summed E-state index contributed by atoms with van der Waals surface area (Å²) in [6.07, 6.45) is 0.805. The molecule has 3 aromatic carbocycles. The lowest BCUT2D eigenvalue weighted by Gasteiger charge is -2.49. The molecule has 0 bridgehead atoms. The number of aliphatic hydroxyl groups is 1. The van der Waals surface area contributed by atoms with Gasteiger partial charge in [-0.3, -0.25) is 4.79 Å². The van der Waals surface area contributed by atoms with E-state index in [1.807, 2.05) is 42.3 Å². The van der Waals surface area contributed by atoms with Crippen molar-refractivity contribution in [1.82, 2.24) is 9.88 Å². The molecule has 0 aliphatic carbocycles. The second kappa shape index (κ2) is 9.27. The first-order chi connectivity index (χ1) is 18.0. The molecule has 6 heteroatoms. The summed E-state index contributed by atoms with van der Waals surface area (Å²) in [5.41, 5.74) is 6.92. The molecule has 0 radical (unpaired) electrons. The first-order valence-corrected chi connectivity index (χ1v) is 13.0. The van der Waals surface area contributed by atoms with Crippen molar-refractivity contribution in [1.29, 1.82) is 0 Å². The summed E-state index contributed by atoms with van der Waals surface area (Å²) in [5.74, 6) is 0.331. The number of hydrogen-bond acceptors (Lipinski definition) is 4. The van der Waals surface area contributed by atoms with E-state index in [2.05, 4.69) is 52.3 Å². The van der Waals surface area contributed by atoms with Gasteiger partial charge in [-0.2, -0.15) is 0 Å². The standard InChI is InChI=1S/C31H33N3O3/c1-19(35)28-26(33(2)21-12-14-22(37-3)15-13-21)18-27-30-25(16-17-34(27)31(28)36)24-11-7-10-23(29(24)32-30)20-8-5-4-6-9-20/h4-15,19,26-28,32,35H,16-18H2,1-3H3/t19-,26-,27-,28-/m0/s1. The number of fused-ring (bicyclic) bond motifs is 5. The SMILES string of the molecule is COc1ccc(N(C)[C@H]2C[C@H]3c4[nH]c5c(-c6ccccc6)cccc5c4CCN3C(=O)[C@H]2[C@H](C)O)cc1. The smallest absolute Gasteiger partial charge is 0.230 e. The van der Waals surface area contributed by atoms with Crippen molar-refractivity contribution in [2.45, 2.75) is 38.0 Å². The number of methoxy groups -OCH3 is 1. The fourth-order valence-electron chi connectivity index (χ4n) is 6.43. The number of amides is 1. The van der Waals surface area contributed by atoms with E-state index in [0.717, 1.165) is 35.5 Å². The normalized spacial score (nSPS) is 21.9. The van der Waals surface area contributed by atoms with Gasteiger partial charge in [-0.25, -0.2) is 0 Å². The van der Waals surface area contributed by atoms with Crippen LogP contribution < -0.4 is 9.64 Å². The highest BCUT2D eigenvalue weighted by Gasteiger charge is 2.48. The van der Waals surface area contributed by atoms with Crippen LogP contribution in [0.1, 0.15) is 30.6 Å². The Hall–Kier alpha value is -3.77. The number of ether oxygens (including phenoxy) is 1. The van der Waals surface area contributed by atoms with Crippen LogP contribution in [0.15, 0.2) is 72.8 Å². The monoisotopic (exact) mass is 495 g/mol. The molecule has 0 spiro atoms. The number of nitrogens with one attached hydrogen (secondary N) is 1. The molecule has 0 saturated carbocycles. The lowest BCUT2D eigenvalue weighted by atomic mass is 9.79. The number of nitrogens with zero attached hydrogens (tertiary/aromatic N) is 2. The summed E-state index contributed by atoms with van der Waals surface area (Å²) in [6, 6.07) is 24.6. The number of rotatable bonds is 5. The van der Waals surface area contributed by atoms with Crippen LogP contribution in [0.4, 0.5) is 5.69 Å². The Morgan fingerprint density at radius 1 is 1.05 bits per heavy atom. The third kappa shape index (κ3) is 3.87. The summed E-state index contributed by atoms with van der Waals surface area (Å²) in [4.78, 5) is 21.8. The molecule has 2 aliphatic rings. The maximum atomic E-state index is 13.9. The maximum Gasteiger partial charge on any atom is 0.230 e. The molecular weight excluding hydrogens is 462 g/mol. The number of benzene rings is 3. The number of carbonyl (C=O) groups is 1. The van der Waals surface area contributed by atoms with E-state index in [-0.39, 0.29) is 18.0 Å². The third-order valence-corrected chi connectivity index (χ3v) is 8.32. The van der Waals surface area contributed by atoms with Gasteiger partial charge in [0, 0.05) is 42.0 Å². The summed E-state index contributed by atoms with van der Waals surface area (Å²) in [6.45, 7) is 2.41. The highest BCUT2D eigenvalue weighted by Crippen LogP contribution is 2.45. The molecule has 1 aromatic heterocycles. The lowest BCUT2D eigenvalue weighted by Crippen LogP contribution is -2.59. The Labute approximate surface area is 217 Å². The minimum Gasteiger partial charge on any atom is -0.497 e. The van der Waals surface area contributed by atoms with Crippen molar-refractivity contribution < 1.29 is 14.6 Å². The molecule has 1 saturated heterocycles. The minimum absolute atomic E-state index is 0.0317. The predicted molar refractivity (Wildman–Crippen MR) is 147 cm³/mol. The molecule has 4 atom stereocenters. The van der Waals surface area contributed by atoms with E-state index in [1.165, 1.54) is 22.1 Å². The fraction of sp³-hybridized carbons (Fsp3) is 0.323. The molecule has 0 unspecified atom stereocenters. The second-order valence-electron chi connectivity index (χ2n) is 10.3. The van der Waals surface area contributed by atoms with Crippen molar-refractivity contribution in [3.8, 4) is 16.9 Å². The Kier molecular flexibility index (Phi) is 5.92. The highest BCUT2D eigenvalue weighted by molar-refractivity contribution is 5.97. The zero-order chi connectivity index (χ0) is 25.7. The van der Waals surface area contributed by atoms with Gasteiger partial charge in [0.05, 0.1) is 30.7 Å². The summed E-state index contributed by atoms with van der Waals surface area (Å²) in [7, 11) is 3.67. The van der Waals surface area contributed by atoms with Crippen LogP contribution in [0, 0.1) is 5.92 Å². The van der Waals surface area contributed by atoms with Gasteiger partial charge in [-0.05, 0) is 55.2 Å². The average molecular weight is 496 g/mol. The molecule has 6 rings (SSSR count). The molecule has 1 amide bonds. The van der Waals surface area contributed by atoms with E-state index in [4.69, 9.17) is 4.74 Å². The number of aromatic amines is 1. The van der Waals surface area contributed by atoms with Crippen molar-refractivity contribution >= 4 is 22.5 Å². The van der Waals surface area contributed by atoms with E-state index >= 15 is 0 Å². The van der Waals surface area contributed by atoms with Gasteiger partial charge in [0.25, 0.3) is 0 Å². The molecule has 4 aromatic rings. The van der Waals surface area contributed by atoms with Gasteiger partial charge in [0.1, 0.15) is 5.75 Å². The van der Waals surface area contributed by atoms with Gasteiger partial charge >= 0.3 is 0 Å². The molecule has 37 heavy (non-hydrogen) atoms. The zero-order valence-corrected chi connectivity index (χ0v) is 21.5. The molecule has 3 heterocycles. The molecule has 2 N–H and O–H groups in total. The summed E-state index contributed by atoms with van der Waals surface area (Å²) >= 11 is 0. The number of piperidine rings is 1. The number of hydrogen-bond donors (Lipinski definition) is 2. The van der Waals surface area contributed by atoms with Crippen LogP contribution in [0.25, 0.3) is 22.0 Å². The third-order valence-electron chi connectivity index (χ3n) is 8.32. The van der Waals surface area contributed by atoms with Crippen LogP contribution >= 0.6 is 0 Å². The van der Waals surface area contributed by atoms with Gasteiger partial charge in [0.15, 0.2) is 0 Å². The van der Waals surface area contributed by atoms with Crippen molar-refractivity contribution in [3.63, 3.8) is 0 Å². The highest BCUT2D eigenvalue weighted by atomic mass is 16.5. The van der Waals surface area contributed by atoms with E-state index in [9.17, 15) is 9.90 Å². The Morgan fingerprint density at radius 2 is 1.81 bits per heavy atom. The fourth-order valence-corrected chi connectivity index (χ4v) is 6.43. The molecule has 190 valence electrons. The Balaban J connectivity index is 1.42. The topological polar surface area (TPSA) is 68.8 Å². The van der Waals surface area contributed by atoms with E-state index in [1.54, 1.807) is 14.0 Å². The molecule has 1 fully saturated rings.